The van der Waals surface area contributed by atoms with Crippen LogP contribution in [0.15, 0.2) is 24.3 Å². The Kier molecular flexibility index (Phi) is 3.99. The third-order valence-corrected chi connectivity index (χ3v) is 4.10. The van der Waals surface area contributed by atoms with E-state index in [9.17, 15) is 4.79 Å². The zero-order valence-electron chi connectivity index (χ0n) is 9.33. The largest absolute Gasteiger partial charge is 0.468 e. The fourth-order valence-corrected chi connectivity index (χ4v) is 3.00. The monoisotopic (exact) mass is 269 g/mol. The number of nitrogens with one attached hydrogen (secondary N) is 1. The van der Waals surface area contributed by atoms with Gasteiger partial charge < -0.3 is 10.1 Å². The van der Waals surface area contributed by atoms with E-state index in [1.54, 1.807) is 11.3 Å². The van der Waals surface area contributed by atoms with Gasteiger partial charge in [-0.15, -0.1) is 11.3 Å². The lowest BCUT2D eigenvalue weighted by Crippen LogP contribution is -2.23. The van der Waals surface area contributed by atoms with Crippen LogP contribution < -0.4 is 5.32 Å². The van der Waals surface area contributed by atoms with E-state index in [-0.39, 0.29) is 12.5 Å². The van der Waals surface area contributed by atoms with Gasteiger partial charge in [-0.1, -0.05) is 29.8 Å². The summed E-state index contributed by atoms with van der Waals surface area (Å²) in [5.41, 5.74) is 0. The van der Waals surface area contributed by atoms with Crippen molar-refractivity contribution in [2.45, 2.75) is 6.54 Å². The minimum atomic E-state index is -0.276. The number of carbonyl (C=O) groups is 1. The number of methoxy groups -OCH3 is 1. The average molecular weight is 270 g/mol. The van der Waals surface area contributed by atoms with Crippen molar-refractivity contribution in [2.75, 3.05) is 13.7 Å². The molecule has 0 unspecified atom stereocenters. The summed E-state index contributed by atoms with van der Waals surface area (Å²) in [7, 11) is 1.37. The quantitative estimate of drug-likeness (QED) is 0.868. The zero-order chi connectivity index (χ0) is 12.3. The van der Waals surface area contributed by atoms with Crippen LogP contribution in [0.2, 0.25) is 5.02 Å². The Hall–Kier alpha value is -1.10. The zero-order valence-corrected chi connectivity index (χ0v) is 10.9. The van der Waals surface area contributed by atoms with Crippen molar-refractivity contribution in [3.8, 4) is 0 Å². The van der Waals surface area contributed by atoms with Crippen molar-refractivity contribution < 1.29 is 9.53 Å². The van der Waals surface area contributed by atoms with Crippen LogP contribution in [0, 0.1) is 0 Å². The summed E-state index contributed by atoms with van der Waals surface area (Å²) in [6, 6.07) is 7.99. The minimum Gasteiger partial charge on any atom is -0.468 e. The summed E-state index contributed by atoms with van der Waals surface area (Å²) in [5, 5.41) is 4.84. The Bertz CT molecular complexity index is 538. The van der Waals surface area contributed by atoms with Crippen molar-refractivity contribution in [2.24, 2.45) is 0 Å². The normalized spacial score (nSPS) is 10.7. The smallest absolute Gasteiger partial charge is 0.319 e. The van der Waals surface area contributed by atoms with Gasteiger partial charge in [0.1, 0.15) is 0 Å². The molecule has 5 heteroatoms. The number of esters is 1. The number of hydrogen-bond acceptors (Lipinski definition) is 4. The van der Waals surface area contributed by atoms with E-state index in [0.29, 0.717) is 6.54 Å². The molecule has 0 aliphatic heterocycles. The van der Waals surface area contributed by atoms with Crippen LogP contribution >= 0.6 is 22.9 Å². The molecule has 17 heavy (non-hydrogen) atoms. The van der Waals surface area contributed by atoms with Crippen LogP contribution in [0.25, 0.3) is 10.1 Å². The minimum absolute atomic E-state index is 0.196. The third kappa shape index (κ3) is 2.77. The lowest BCUT2D eigenvalue weighted by atomic mass is 10.2. The molecule has 0 radical (unpaired) electrons. The molecular weight excluding hydrogens is 258 g/mol. The Morgan fingerprint density at radius 2 is 2.24 bits per heavy atom. The number of hydrogen-bond donors (Lipinski definition) is 1. The number of thiophene rings is 1. The first-order valence-electron chi connectivity index (χ1n) is 5.16. The molecule has 2 rings (SSSR count). The molecule has 90 valence electrons. The summed E-state index contributed by atoms with van der Waals surface area (Å²) in [5.74, 6) is -0.276. The molecule has 2 aromatic rings. The molecule has 0 atom stereocenters. The molecule has 0 bridgehead atoms. The molecule has 0 aliphatic rings. The molecule has 0 amide bonds. The first-order chi connectivity index (χ1) is 8.22. The van der Waals surface area contributed by atoms with Gasteiger partial charge in [-0.3, -0.25) is 4.79 Å². The van der Waals surface area contributed by atoms with E-state index in [0.717, 1.165) is 20.0 Å². The highest BCUT2D eigenvalue weighted by atomic mass is 35.5. The molecular formula is C12H12ClNO2S. The summed E-state index contributed by atoms with van der Waals surface area (Å²) in [4.78, 5) is 12.0. The van der Waals surface area contributed by atoms with E-state index < -0.39 is 0 Å². The summed E-state index contributed by atoms with van der Waals surface area (Å²) in [6.45, 7) is 0.772. The Balaban J connectivity index is 2.09. The Morgan fingerprint density at radius 3 is 2.94 bits per heavy atom. The fourth-order valence-electron chi connectivity index (χ4n) is 1.53. The SMILES string of the molecule is COC(=O)CNCc1sc2ccccc2c1Cl. The molecule has 0 spiro atoms. The van der Waals surface area contributed by atoms with Crippen LogP contribution in [-0.4, -0.2) is 19.6 Å². The van der Waals surface area contributed by atoms with Gasteiger partial charge in [0.2, 0.25) is 0 Å². The first-order valence-corrected chi connectivity index (χ1v) is 6.35. The van der Waals surface area contributed by atoms with Gasteiger partial charge >= 0.3 is 5.97 Å². The third-order valence-electron chi connectivity index (χ3n) is 2.38. The van der Waals surface area contributed by atoms with Crippen molar-refractivity contribution in [1.29, 1.82) is 0 Å². The summed E-state index contributed by atoms with van der Waals surface area (Å²) in [6.07, 6.45) is 0. The molecule has 0 saturated heterocycles. The molecule has 1 aromatic heterocycles. The maximum absolute atomic E-state index is 10.9. The number of fused-ring (bicyclic) bond motifs is 1. The second-order valence-electron chi connectivity index (χ2n) is 3.52. The number of carbonyl (C=O) groups excluding carboxylic acids is 1. The van der Waals surface area contributed by atoms with Crippen LogP contribution in [-0.2, 0) is 16.1 Å². The molecule has 1 heterocycles. The highest BCUT2D eigenvalue weighted by Gasteiger charge is 2.09. The van der Waals surface area contributed by atoms with Crippen molar-refractivity contribution in [3.05, 3.63) is 34.2 Å². The summed E-state index contributed by atoms with van der Waals surface area (Å²) >= 11 is 7.90. The number of rotatable bonds is 4. The predicted molar refractivity (Wildman–Crippen MR) is 70.6 cm³/mol. The highest BCUT2D eigenvalue weighted by Crippen LogP contribution is 2.34. The molecule has 1 N–H and O–H groups in total. The molecule has 0 fully saturated rings. The van der Waals surface area contributed by atoms with E-state index in [1.165, 1.54) is 7.11 Å². The predicted octanol–water partition coefficient (Wildman–Crippen LogP) is 2.82. The molecule has 1 aromatic carbocycles. The second-order valence-corrected chi connectivity index (χ2v) is 5.03. The van der Waals surface area contributed by atoms with E-state index in [2.05, 4.69) is 10.1 Å². The van der Waals surface area contributed by atoms with E-state index in [4.69, 9.17) is 11.6 Å². The maximum Gasteiger partial charge on any atom is 0.319 e. The van der Waals surface area contributed by atoms with E-state index in [1.807, 2.05) is 24.3 Å². The standard InChI is InChI=1S/C12H12ClNO2S/c1-16-11(15)7-14-6-10-12(13)8-4-2-3-5-9(8)17-10/h2-5,14H,6-7H2,1H3. The van der Waals surface area contributed by atoms with Gasteiger partial charge in [0.15, 0.2) is 0 Å². The lowest BCUT2D eigenvalue weighted by Gasteiger charge is -2.01. The summed E-state index contributed by atoms with van der Waals surface area (Å²) < 4.78 is 5.71. The van der Waals surface area contributed by atoms with Crippen LogP contribution in [0.3, 0.4) is 0 Å². The van der Waals surface area contributed by atoms with Crippen molar-refractivity contribution >= 4 is 39.0 Å². The van der Waals surface area contributed by atoms with Gasteiger partial charge in [-0.2, -0.15) is 0 Å². The number of benzene rings is 1. The average Bonchev–Trinajstić information content (AvgIpc) is 2.67. The second kappa shape index (κ2) is 5.49. The fraction of sp³-hybridized carbons (Fsp3) is 0.250. The van der Waals surface area contributed by atoms with Gasteiger partial charge in [0.05, 0.1) is 18.7 Å². The number of halogens is 1. The molecule has 3 nitrogen and oxygen atoms in total. The van der Waals surface area contributed by atoms with E-state index >= 15 is 0 Å². The van der Waals surface area contributed by atoms with Crippen molar-refractivity contribution in [3.63, 3.8) is 0 Å². The van der Waals surface area contributed by atoms with Crippen molar-refractivity contribution in [1.82, 2.24) is 5.32 Å². The lowest BCUT2D eigenvalue weighted by molar-refractivity contribution is -0.139. The van der Waals surface area contributed by atoms with Gasteiger partial charge in [0.25, 0.3) is 0 Å². The van der Waals surface area contributed by atoms with Crippen LogP contribution in [0.1, 0.15) is 4.88 Å². The number of ether oxygens (including phenoxy) is 1. The van der Waals surface area contributed by atoms with Gasteiger partial charge in [-0.05, 0) is 6.07 Å². The Morgan fingerprint density at radius 1 is 1.47 bits per heavy atom. The Labute approximate surface area is 108 Å². The molecule has 0 aliphatic carbocycles. The van der Waals surface area contributed by atoms with Crippen LogP contribution in [0.4, 0.5) is 0 Å². The highest BCUT2D eigenvalue weighted by molar-refractivity contribution is 7.19. The topological polar surface area (TPSA) is 38.3 Å². The van der Waals surface area contributed by atoms with Gasteiger partial charge in [0, 0.05) is 21.5 Å². The molecule has 0 saturated carbocycles. The maximum atomic E-state index is 10.9. The van der Waals surface area contributed by atoms with Gasteiger partial charge in [-0.25, -0.2) is 0 Å². The van der Waals surface area contributed by atoms with Crippen LogP contribution in [0.5, 0.6) is 0 Å². The first kappa shape index (κ1) is 12.4.